The Labute approximate surface area is 153 Å². The summed E-state index contributed by atoms with van der Waals surface area (Å²) in [4.78, 5) is 14.2. The summed E-state index contributed by atoms with van der Waals surface area (Å²) >= 11 is 3.24. The maximum atomic E-state index is 9.87. The second-order valence-corrected chi connectivity index (χ2v) is 6.78. The van der Waals surface area contributed by atoms with Crippen LogP contribution in [0.25, 0.3) is 10.2 Å². The first kappa shape index (κ1) is 20.9. The van der Waals surface area contributed by atoms with Crippen LogP contribution < -0.4 is 10.1 Å². The fourth-order valence-electron chi connectivity index (χ4n) is 1.59. The van der Waals surface area contributed by atoms with E-state index in [2.05, 4.69) is 10.2 Å². The Morgan fingerprint density at radius 1 is 1.14 bits per heavy atom. The molecule has 1 unspecified atom stereocenters. The van der Waals surface area contributed by atoms with E-state index in [1.165, 1.54) is 9.05 Å². The van der Waals surface area contributed by atoms with Crippen molar-refractivity contribution in [2.45, 2.75) is 6.92 Å². The number of anilines is 1. The second-order valence-electron chi connectivity index (χ2n) is 4.14. The molecule has 0 spiro atoms. The van der Waals surface area contributed by atoms with Gasteiger partial charge in [-0.2, -0.15) is 0 Å². The number of nitroso groups, excluding NO2 is 1. The zero-order valence-corrected chi connectivity index (χ0v) is 16.6. The number of nitrogen functional groups attached to an aromatic ring is 1. The van der Waals surface area contributed by atoms with Crippen molar-refractivity contribution in [3.8, 4) is 0 Å². The molecular weight excluding hydrogens is 404 g/mol. The molecule has 22 heavy (non-hydrogen) atoms. The number of aromatic nitrogens is 1. The molecule has 2 aromatic carbocycles. The summed E-state index contributed by atoms with van der Waals surface area (Å²) in [6, 6.07) is 13.0. The third kappa shape index (κ3) is 5.93. The topological polar surface area (TPSA) is 68.3 Å². The van der Waals surface area contributed by atoms with Crippen LogP contribution in [0.2, 0.25) is 0 Å². The Morgan fingerprint density at radius 3 is 2.36 bits per heavy atom. The molecule has 0 saturated heterocycles. The van der Waals surface area contributed by atoms with E-state index in [0.717, 1.165) is 16.2 Å². The zero-order chi connectivity index (χ0) is 14.5. The molecule has 0 aliphatic rings. The van der Waals surface area contributed by atoms with E-state index in [4.69, 9.17) is 5.73 Å². The van der Waals surface area contributed by atoms with Gasteiger partial charge in [-0.3, -0.25) is 0 Å². The minimum atomic E-state index is 0. The van der Waals surface area contributed by atoms with Crippen LogP contribution in [-0.4, -0.2) is 21.8 Å². The van der Waals surface area contributed by atoms with Crippen LogP contribution >= 0.6 is 36.2 Å². The predicted octanol–water partition coefficient (Wildman–Crippen LogP) is 3.37. The van der Waals surface area contributed by atoms with E-state index in [0.29, 0.717) is 5.69 Å². The molecule has 4 nitrogen and oxygen atoms in total. The number of halogens is 2. The molecule has 1 heterocycles. The van der Waals surface area contributed by atoms with Gasteiger partial charge in [-0.15, -0.1) is 36.2 Å². The van der Waals surface area contributed by atoms with Gasteiger partial charge in [-0.1, -0.05) is 0 Å². The summed E-state index contributed by atoms with van der Waals surface area (Å²) in [5, 5.41) is 3.86. The summed E-state index contributed by atoms with van der Waals surface area (Å²) in [6.07, 6.45) is 0. The van der Waals surface area contributed by atoms with Crippen molar-refractivity contribution in [2.75, 3.05) is 5.73 Å². The first-order valence-electron chi connectivity index (χ1n) is 5.90. The summed E-state index contributed by atoms with van der Waals surface area (Å²) in [5.41, 5.74) is 7.88. The molecule has 0 bridgehead atoms. The van der Waals surface area contributed by atoms with Crippen molar-refractivity contribution in [1.29, 1.82) is 0 Å². The molecule has 0 radical (unpaired) electrons. The average Bonchev–Trinajstić information content (AvgIpc) is 2.79. The molecule has 0 aliphatic carbocycles. The van der Waals surface area contributed by atoms with Crippen LogP contribution in [0.15, 0.2) is 47.6 Å². The monoisotopic (exact) mass is 419 g/mol. The fraction of sp³-hybridized carbons (Fsp3) is 0.0714. The number of rotatable bonds is 1. The van der Waals surface area contributed by atoms with Gasteiger partial charge >= 0.3 is 61.2 Å². The molecular formula is C14H16AsCl2N3OS. The minimum absolute atomic E-state index is 0. The van der Waals surface area contributed by atoms with E-state index in [1.54, 1.807) is 40.3 Å². The van der Waals surface area contributed by atoms with Crippen molar-refractivity contribution in [2.24, 2.45) is 5.18 Å². The second kappa shape index (κ2) is 9.80. The van der Waals surface area contributed by atoms with Crippen molar-refractivity contribution in [3.05, 3.63) is 52.4 Å². The summed E-state index contributed by atoms with van der Waals surface area (Å²) in [5.74, 6) is 0. The van der Waals surface area contributed by atoms with Crippen molar-refractivity contribution >= 4 is 78.9 Å². The predicted molar refractivity (Wildman–Crippen MR) is 103 cm³/mol. The fourth-order valence-corrected chi connectivity index (χ4v) is 2.81. The van der Waals surface area contributed by atoms with Crippen LogP contribution in [0.4, 0.5) is 11.4 Å². The molecule has 1 atom stereocenters. The van der Waals surface area contributed by atoms with Gasteiger partial charge < -0.3 is 5.73 Å². The summed E-state index contributed by atoms with van der Waals surface area (Å²) in [6.45, 7) is 2.00. The van der Waals surface area contributed by atoms with Gasteiger partial charge in [0.1, 0.15) is 0 Å². The molecule has 0 amide bonds. The van der Waals surface area contributed by atoms with Gasteiger partial charge in [0.2, 0.25) is 0 Å². The van der Waals surface area contributed by atoms with Crippen LogP contribution in [0.3, 0.4) is 0 Å². The van der Waals surface area contributed by atoms with Crippen LogP contribution in [0, 0.1) is 11.8 Å². The summed E-state index contributed by atoms with van der Waals surface area (Å²) in [7, 11) is 0. The van der Waals surface area contributed by atoms with Crippen LogP contribution in [0.1, 0.15) is 5.01 Å². The number of hydrogen-bond acceptors (Lipinski definition) is 5. The summed E-state index contributed by atoms with van der Waals surface area (Å²) < 4.78 is 2.41. The number of nitrogens with two attached hydrogens (primary N) is 1. The quantitative estimate of drug-likeness (QED) is 0.373. The zero-order valence-electron chi connectivity index (χ0n) is 11.7. The number of benzene rings is 2. The Bertz CT molecular complexity index is 735. The van der Waals surface area contributed by atoms with Crippen molar-refractivity contribution in [1.82, 2.24) is 4.98 Å². The standard InChI is InChI=1S/C8H8N2S.C6H6AsNO.2ClH/c1-5-10-7-4-6(9)2-3-8(7)11-5;7-5-1-3-6(8-9)4-2-5;;/h2-4H,9H2,1H3;1-4H,7H2;2*1H. The third-order valence-electron chi connectivity index (χ3n) is 2.52. The van der Waals surface area contributed by atoms with Crippen LogP contribution in [0.5, 0.6) is 0 Å². The Hall–Kier alpha value is -1.13. The van der Waals surface area contributed by atoms with Crippen LogP contribution in [-0.2, 0) is 0 Å². The van der Waals surface area contributed by atoms with E-state index >= 15 is 0 Å². The third-order valence-corrected chi connectivity index (χ3v) is 4.28. The molecule has 0 aliphatic heterocycles. The SMILES string of the molecule is Cc1nc2cc(N)ccc2s1.Cl.Cl.O=Nc1ccc([AsH2])cc1. The van der Waals surface area contributed by atoms with Gasteiger partial charge in [0.15, 0.2) is 0 Å². The maximum absolute atomic E-state index is 9.87. The molecule has 1 aromatic heterocycles. The first-order valence-corrected chi connectivity index (χ1v) is 7.93. The van der Waals surface area contributed by atoms with E-state index in [1.807, 2.05) is 37.3 Å². The molecule has 118 valence electrons. The molecule has 8 heteroatoms. The van der Waals surface area contributed by atoms with Gasteiger partial charge in [0, 0.05) is 5.69 Å². The Balaban J connectivity index is 0.000000374. The van der Waals surface area contributed by atoms with Crippen molar-refractivity contribution < 1.29 is 0 Å². The number of thiazole rings is 1. The van der Waals surface area contributed by atoms with Gasteiger partial charge in [0.05, 0.1) is 15.2 Å². The Kier molecular flexibility index (Phi) is 9.29. The first-order chi connectivity index (χ1) is 9.58. The molecule has 0 fully saturated rings. The number of hydrogen-bond donors (Lipinski definition) is 1. The van der Waals surface area contributed by atoms with Gasteiger partial charge in [-0.25, -0.2) is 4.98 Å². The number of nitrogens with zero attached hydrogens (tertiary/aromatic N) is 2. The molecule has 3 aromatic rings. The number of aryl methyl sites for hydroxylation is 1. The number of fused-ring (bicyclic) bond motifs is 1. The Morgan fingerprint density at radius 2 is 1.77 bits per heavy atom. The van der Waals surface area contributed by atoms with Crippen molar-refractivity contribution in [3.63, 3.8) is 0 Å². The normalized spacial score (nSPS) is 9.00. The van der Waals surface area contributed by atoms with E-state index in [-0.39, 0.29) is 24.8 Å². The average molecular weight is 420 g/mol. The molecule has 0 saturated carbocycles. The van der Waals surface area contributed by atoms with Gasteiger partial charge in [0.25, 0.3) is 0 Å². The van der Waals surface area contributed by atoms with E-state index in [9.17, 15) is 4.91 Å². The van der Waals surface area contributed by atoms with E-state index < -0.39 is 0 Å². The molecule has 3 rings (SSSR count). The molecule has 2 N–H and O–H groups in total. The van der Waals surface area contributed by atoms with Gasteiger partial charge in [-0.05, 0) is 25.1 Å².